The Morgan fingerprint density at radius 1 is 1.30 bits per heavy atom. The fourth-order valence-electron chi connectivity index (χ4n) is 2.00. The van der Waals surface area contributed by atoms with E-state index in [1.165, 1.54) is 19.1 Å². The van der Waals surface area contributed by atoms with Crippen LogP contribution < -0.4 is 15.2 Å². The van der Waals surface area contributed by atoms with Crippen LogP contribution in [0.25, 0.3) is 0 Å². The second-order valence-corrected chi connectivity index (χ2v) is 7.33. The number of sulfonamides is 1. The number of nitrogens with one attached hydrogen (secondary N) is 2. The minimum absolute atomic E-state index is 0.00501. The number of rotatable bonds is 4. The lowest BCUT2D eigenvalue weighted by Crippen LogP contribution is -2.38. The van der Waals surface area contributed by atoms with Crippen LogP contribution >= 0.6 is 23.2 Å². The minimum Gasteiger partial charge on any atom is -0.282 e. The SMILES string of the molecule is CC1NN(c2cc(NS(C)(=O)=O)c(Cl)cc2Cl)C(=O)N1C(F)F. The molecule has 0 aromatic heterocycles. The number of benzene rings is 1. The summed E-state index contributed by atoms with van der Waals surface area (Å²) in [6.07, 6.45) is -0.0575. The van der Waals surface area contributed by atoms with Crippen molar-refractivity contribution in [3.63, 3.8) is 0 Å². The fraction of sp³-hybridized carbons (Fsp3) is 0.364. The Kier molecular flexibility index (Phi) is 4.90. The van der Waals surface area contributed by atoms with Gasteiger partial charge in [-0.05, 0) is 19.1 Å². The molecule has 1 aromatic carbocycles. The summed E-state index contributed by atoms with van der Waals surface area (Å²) in [5, 5.41) is 0.788. The second kappa shape index (κ2) is 6.27. The molecule has 1 fully saturated rings. The maximum absolute atomic E-state index is 12.9. The van der Waals surface area contributed by atoms with Gasteiger partial charge >= 0.3 is 12.6 Å². The van der Waals surface area contributed by atoms with Gasteiger partial charge in [0.05, 0.1) is 27.7 Å². The zero-order valence-corrected chi connectivity index (χ0v) is 14.2. The molecule has 1 aliphatic rings. The van der Waals surface area contributed by atoms with Crippen LogP contribution in [0, 0.1) is 0 Å². The molecule has 0 spiro atoms. The largest absolute Gasteiger partial charge is 0.344 e. The van der Waals surface area contributed by atoms with E-state index in [1.807, 2.05) is 0 Å². The van der Waals surface area contributed by atoms with E-state index in [2.05, 4.69) is 10.1 Å². The molecule has 0 radical (unpaired) electrons. The maximum Gasteiger partial charge on any atom is 0.344 e. The molecule has 0 bridgehead atoms. The van der Waals surface area contributed by atoms with Crippen LogP contribution in [0.5, 0.6) is 0 Å². The standard InChI is InChI=1S/C11H12Cl2F2N4O3S/c1-5-16-19(11(20)18(5)10(14)15)9-4-8(17-23(2,21)22)6(12)3-7(9)13/h3-5,10,16-17H,1-2H3. The van der Waals surface area contributed by atoms with Crippen molar-refractivity contribution < 1.29 is 22.0 Å². The van der Waals surface area contributed by atoms with E-state index in [9.17, 15) is 22.0 Å². The highest BCUT2D eigenvalue weighted by atomic mass is 35.5. The lowest BCUT2D eigenvalue weighted by atomic mass is 10.2. The zero-order chi connectivity index (χ0) is 17.5. The first-order valence-corrected chi connectivity index (χ1v) is 8.79. The Morgan fingerprint density at radius 3 is 2.39 bits per heavy atom. The van der Waals surface area contributed by atoms with Crippen LogP contribution in [0.1, 0.15) is 6.92 Å². The van der Waals surface area contributed by atoms with Crippen LogP contribution in [0.4, 0.5) is 25.0 Å². The summed E-state index contributed by atoms with van der Waals surface area (Å²) in [6, 6.07) is 1.36. The molecule has 1 saturated heterocycles. The molecule has 1 heterocycles. The predicted molar refractivity (Wildman–Crippen MR) is 83.2 cm³/mol. The molecule has 2 amide bonds. The molecule has 1 atom stereocenters. The second-order valence-electron chi connectivity index (χ2n) is 4.77. The monoisotopic (exact) mass is 388 g/mol. The lowest BCUT2D eigenvalue weighted by molar-refractivity contribution is -0.00783. The number of hydrogen-bond donors (Lipinski definition) is 2. The third kappa shape index (κ3) is 3.77. The van der Waals surface area contributed by atoms with Gasteiger partial charge < -0.3 is 0 Å². The van der Waals surface area contributed by atoms with E-state index in [0.29, 0.717) is 4.90 Å². The predicted octanol–water partition coefficient (Wildman–Crippen LogP) is 2.68. The molecule has 1 aromatic rings. The third-order valence-corrected chi connectivity index (χ3v) is 4.13. The number of carbonyl (C=O) groups excluding carboxylic acids is 1. The van der Waals surface area contributed by atoms with Gasteiger partial charge in [0, 0.05) is 0 Å². The smallest absolute Gasteiger partial charge is 0.282 e. The Balaban J connectivity index is 2.44. The van der Waals surface area contributed by atoms with Gasteiger partial charge in [0.1, 0.15) is 6.17 Å². The zero-order valence-electron chi connectivity index (χ0n) is 11.8. The summed E-state index contributed by atoms with van der Waals surface area (Å²) >= 11 is 11.9. The topological polar surface area (TPSA) is 81.7 Å². The van der Waals surface area contributed by atoms with Crippen LogP contribution in [-0.4, -0.2) is 38.3 Å². The van der Waals surface area contributed by atoms with Gasteiger partial charge in [-0.15, -0.1) is 0 Å². The number of hydrazine groups is 1. The van der Waals surface area contributed by atoms with Crippen LogP contribution in [0.2, 0.25) is 10.0 Å². The van der Waals surface area contributed by atoms with Crippen molar-refractivity contribution in [1.29, 1.82) is 0 Å². The van der Waals surface area contributed by atoms with E-state index in [1.54, 1.807) is 0 Å². The molecule has 12 heteroatoms. The van der Waals surface area contributed by atoms with Crippen LogP contribution in [-0.2, 0) is 10.0 Å². The molecule has 2 N–H and O–H groups in total. The summed E-state index contributed by atoms with van der Waals surface area (Å²) < 4.78 is 50.6. The minimum atomic E-state index is -3.63. The van der Waals surface area contributed by atoms with Gasteiger partial charge in [-0.25, -0.2) is 28.5 Å². The van der Waals surface area contributed by atoms with E-state index < -0.39 is 28.8 Å². The van der Waals surface area contributed by atoms with Crippen molar-refractivity contribution in [3.8, 4) is 0 Å². The van der Waals surface area contributed by atoms with Crippen molar-refractivity contribution in [3.05, 3.63) is 22.2 Å². The highest BCUT2D eigenvalue weighted by Crippen LogP contribution is 2.36. The van der Waals surface area contributed by atoms with Crippen molar-refractivity contribution in [2.45, 2.75) is 19.6 Å². The van der Waals surface area contributed by atoms with Crippen molar-refractivity contribution in [1.82, 2.24) is 10.3 Å². The number of halogens is 4. The van der Waals surface area contributed by atoms with Gasteiger partial charge in [-0.1, -0.05) is 23.2 Å². The van der Waals surface area contributed by atoms with Crippen LogP contribution in [0.15, 0.2) is 12.1 Å². The normalized spacial score (nSPS) is 18.9. The lowest BCUT2D eigenvalue weighted by Gasteiger charge is -2.19. The summed E-state index contributed by atoms with van der Waals surface area (Å²) in [7, 11) is -3.63. The van der Waals surface area contributed by atoms with Crippen LogP contribution in [0.3, 0.4) is 0 Å². The number of urea groups is 1. The third-order valence-electron chi connectivity index (χ3n) is 2.93. The molecule has 2 rings (SSSR count). The van der Waals surface area contributed by atoms with E-state index in [0.717, 1.165) is 11.3 Å². The van der Waals surface area contributed by atoms with Crippen molar-refractivity contribution in [2.75, 3.05) is 16.0 Å². The molecule has 1 aliphatic heterocycles. The molecular formula is C11H12Cl2F2N4O3S. The van der Waals surface area contributed by atoms with E-state index in [4.69, 9.17) is 23.2 Å². The number of amides is 2. The van der Waals surface area contributed by atoms with Gasteiger partial charge in [-0.2, -0.15) is 8.78 Å². The molecular weight excluding hydrogens is 377 g/mol. The number of hydrogen-bond acceptors (Lipinski definition) is 4. The molecule has 7 nitrogen and oxygen atoms in total. The highest BCUT2D eigenvalue weighted by Gasteiger charge is 2.41. The number of alkyl halides is 2. The fourth-order valence-corrected chi connectivity index (χ4v) is 3.14. The first-order chi connectivity index (χ1) is 10.5. The van der Waals surface area contributed by atoms with Crippen molar-refractivity contribution >= 4 is 50.6 Å². The summed E-state index contributed by atoms with van der Waals surface area (Å²) in [6.45, 7) is -1.64. The average Bonchev–Trinajstić information content (AvgIpc) is 2.66. The van der Waals surface area contributed by atoms with Gasteiger partial charge in [-0.3, -0.25) is 4.72 Å². The number of nitrogens with zero attached hydrogens (tertiary/aromatic N) is 2. The van der Waals surface area contributed by atoms with Gasteiger partial charge in [0.25, 0.3) is 0 Å². The summed E-state index contributed by atoms with van der Waals surface area (Å²) in [5.74, 6) is 0. The first kappa shape index (κ1) is 18.0. The first-order valence-electron chi connectivity index (χ1n) is 6.15. The molecule has 0 aliphatic carbocycles. The highest BCUT2D eigenvalue weighted by molar-refractivity contribution is 7.92. The number of carbonyl (C=O) groups is 1. The molecule has 0 saturated carbocycles. The molecule has 23 heavy (non-hydrogen) atoms. The van der Waals surface area contributed by atoms with E-state index in [-0.39, 0.29) is 21.4 Å². The Bertz CT molecular complexity index is 747. The Morgan fingerprint density at radius 2 is 1.91 bits per heavy atom. The van der Waals surface area contributed by atoms with Gasteiger partial charge in [0.2, 0.25) is 10.0 Å². The maximum atomic E-state index is 12.9. The summed E-state index contributed by atoms with van der Waals surface area (Å²) in [4.78, 5) is 12.4. The molecule has 1 unspecified atom stereocenters. The Hall–Kier alpha value is -1.36. The van der Waals surface area contributed by atoms with E-state index >= 15 is 0 Å². The average molecular weight is 389 g/mol. The van der Waals surface area contributed by atoms with Crippen molar-refractivity contribution in [2.24, 2.45) is 0 Å². The van der Waals surface area contributed by atoms with Gasteiger partial charge in [0.15, 0.2) is 0 Å². The summed E-state index contributed by atoms with van der Waals surface area (Å²) in [5.41, 5.74) is 2.48. The quantitative estimate of drug-likeness (QED) is 0.776. The molecule has 128 valence electrons. The Labute approximate surface area is 141 Å². The number of anilines is 2.